The first kappa shape index (κ1) is 22.8. The van der Waals surface area contributed by atoms with Gasteiger partial charge in [0.05, 0.1) is 0 Å². The first-order valence-electron chi connectivity index (χ1n) is 9.45. The fourth-order valence-electron chi connectivity index (χ4n) is 3.43. The summed E-state index contributed by atoms with van der Waals surface area (Å²) in [5, 5.41) is 0. The van der Waals surface area contributed by atoms with E-state index in [1.807, 2.05) is 43.3 Å². The number of hydrogen-bond donors (Lipinski definition) is 2. The Balaban J connectivity index is 0.000000253. The second-order valence-electron chi connectivity index (χ2n) is 6.69. The maximum absolute atomic E-state index is 12.7. The van der Waals surface area contributed by atoms with Crippen molar-refractivity contribution in [3.63, 3.8) is 0 Å². The van der Waals surface area contributed by atoms with Crippen molar-refractivity contribution in [1.82, 2.24) is 0 Å². The van der Waals surface area contributed by atoms with E-state index in [1.54, 1.807) is 24.3 Å². The predicted molar refractivity (Wildman–Crippen MR) is 118 cm³/mol. The smallest absolute Gasteiger partial charge is 0.391 e. The van der Waals surface area contributed by atoms with Gasteiger partial charge in [-0.25, -0.2) is 0 Å². The molecule has 0 spiro atoms. The number of rotatable bonds is 5. The molecule has 3 rings (SSSR count). The number of ketones is 1. The van der Waals surface area contributed by atoms with Crippen molar-refractivity contribution in [3.8, 4) is 5.75 Å². The van der Waals surface area contributed by atoms with Crippen molar-refractivity contribution >= 4 is 14.4 Å². The standard InChI is InChI=1S/C18H20O.C6H7O3P/c1-5-16-12(2)11-13(3)17(14(16)4)18(19)15-9-7-6-8-10-15;7-10(8)9-6-4-2-1-3-5-6/h6-11H,5H2,1-4H3;1-5,7-8H. The fraction of sp³-hybridized carbons (Fsp3) is 0.208. The third-order valence-corrected chi connectivity index (χ3v) is 5.05. The summed E-state index contributed by atoms with van der Waals surface area (Å²) < 4.78 is 4.59. The minimum Gasteiger partial charge on any atom is -0.427 e. The van der Waals surface area contributed by atoms with E-state index in [-0.39, 0.29) is 5.78 Å². The summed E-state index contributed by atoms with van der Waals surface area (Å²) in [6, 6.07) is 20.3. The molecule has 4 nitrogen and oxygen atoms in total. The van der Waals surface area contributed by atoms with Crippen LogP contribution in [0.25, 0.3) is 0 Å². The zero-order valence-electron chi connectivity index (χ0n) is 17.2. The van der Waals surface area contributed by atoms with E-state index in [9.17, 15) is 4.79 Å². The zero-order chi connectivity index (χ0) is 21.4. The number of hydrogen-bond acceptors (Lipinski definition) is 4. The van der Waals surface area contributed by atoms with E-state index in [0.29, 0.717) is 5.75 Å². The minimum absolute atomic E-state index is 0.130. The third kappa shape index (κ3) is 6.23. The number of para-hydroxylation sites is 1. The highest BCUT2D eigenvalue weighted by atomic mass is 31.2. The van der Waals surface area contributed by atoms with Gasteiger partial charge in [-0.1, -0.05) is 61.5 Å². The molecule has 152 valence electrons. The Labute approximate surface area is 173 Å². The van der Waals surface area contributed by atoms with Gasteiger partial charge in [0.2, 0.25) is 0 Å². The number of carbonyl (C=O) groups is 1. The second-order valence-corrected chi connectivity index (χ2v) is 7.38. The highest BCUT2D eigenvalue weighted by Crippen LogP contribution is 2.28. The molecule has 0 amide bonds. The maximum atomic E-state index is 12.7. The van der Waals surface area contributed by atoms with E-state index in [2.05, 4.69) is 31.4 Å². The predicted octanol–water partition coefficient (Wildman–Crippen LogP) is 5.68. The van der Waals surface area contributed by atoms with Crippen molar-refractivity contribution in [2.45, 2.75) is 34.1 Å². The van der Waals surface area contributed by atoms with Gasteiger partial charge in [-0.2, -0.15) is 0 Å². The molecule has 0 unspecified atom stereocenters. The Kier molecular flexibility index (Phi) is 8.53. The number of benzene rings is 3. The van der Waals surface area contributed by atoms with E-state index in [0.717, 1.165) is 28.7 Å². The van der Waals surface area contributed by atoms with Crippen LogP contribution in [0.1, 0.15) is 45.1 Å². The maximum Gasteiger partial charge on any atom is 0.391 e. The van der Waals surface area contributed by atoms with Gasteiger partial charge in [-0.05, 0) is 61.6 Å². The lowest BCUT2D eigenvalue weighted by Crippen LogP contribution is -2.09. The second kappa shape index (κ2) is 10.9. The van der Waals surface area contributed by atoms with Crippen LogP contribution in [0.5, 0.6) is 5.75 Å². The normalized spacial score (nSPS) is 10.3. The molecule has 3 aromatic carbocycles. The molecule has 0 aromatic heterocycles. The fourth-order valence-corrected chi connectivity index (χ4v) is 3.74. The summed E-state index contributed by atoms with van der Waals surface area (Å²) in [6.07, 6.45) is 0.965. The summed E-state index contributed by atoms with van der Waals surface area (Å²) in [4.78, 5) is 29.5. The van der Waals surface area contributed by atoms with E-state index >= 15 is 0 Å². The van der Waals surface area contributed by atoms with E-state index < -0.39 is 8.60 Å². The van der Waals surface area contributed by atoms with Crippen molar-refractivity contribution in [1.29, 1.82) is 0 Å². The van der Waals surface area contributed by atoms with Crippen LogP contribution < -0.4 is 4.52 Å². The van der Waals surface area contributed by atoms with Crippen LogP contribution in [-0.4, -0.2) is 15.6 Å². The molecule has 2 N–H and O–H groups in total. The first-order chi connectivity index (χ1) is 13.8. The van der Waals surface area contributed by atoms with Crippen LogP contribution >= 0.6 is 8.60 Å². The SMILES string of the molecule is CCc1c(C)cc(C)c(C(=O)c2ccccc2)c1C.OP(O)Oc1ccccc1. The van der Waals surface area contributed by atoms with Gasteiger partial charge in [0.25, 0.3) is 0 Å². The topological polar surface area (TPSA) is 66.8 Å². The summed E-state index contributed by atoms with van der Waals surface area (Å²) >= 11 is 0. The third-order valence-electron chi connectivity index (χ3n) is 4.68. The van der Waals surface area contributed by atoms with Crippen molar-refractivity contribution < 1.29 is 19.1 Å². The molecule has 0 fully saturated rings. The van der Waals surface area contributed by atoms with Crippen LogP contribution in [0.3, 0.4) is 0 Å². The Bertz CT molecular complexity index is 938. The van der Waals surface area contributed by atoms with Crippen molar-refractivity contribution in [2.24, 2.45) is 0 Å². The molecule has 0 aliphatic heterocycles. The summed E-state index contributed by atoms with van der Waals surface area (Å²) in [6.45, 7) is 8.35. The molecule has 0 aliphatic carbocycles. The van der Waals surface area contributed by atoms with Gasteiger partial charge in [0.15, 0.2) is 5.78 Å². The van der Waals surface area contributed by atoms with Crippen LogP contribution in [0.4, 0.5) is 0 Å². The average molecular weight is 410 g/mol. The highest BCUT2D eigenvalue weighted by molar-refractivity contribution is 7.39. The lowest BCUT2D eigenvalue weighted by Gasteiger charge is -2.15. The van der Waals surface area contributed by atoms with Gasteiger partial charge in [-0.3, -0.25) is 4.79 Å². The number of carbonyl (C=O) groups excluding carboxylic acids is 1. The van der Waals surface area contributed by atoms with Gasteiger partial charge in [0, 0.05) is 11.1 Å². The van der Waals surface area contributed by atoms with Crippen molar-refractivity contribution in [3.05, 3.63) is 100 Å². The number of aryl methyl sites for hydroxylation is 2. The molecule has 0 heterocycles. The summed E-state index contributed by atoms with van der Waals surface area (Å²) in [5.41, 5.74) is 6.41. The van der Waals surface area contributed by atoms with Gasteiger partial charge in [0.1, 0.15) is 5.75 Å². The summed E-state index contributed by atoms with van der Waals surface area (Å²) in [5.74, 6) is 0.601. The highest BCUT2D eigenvalue weighted by Gasteiger charge is 2.17. The average Bonchev–Trinajstić information content (AvgIpc) is 2.69. The largest absolute Gasteiger partial charge is 0.427 e. The van der Waals surface area contributed by atoms with Crippen LogP contribution in [0, 0.1) is 20.8 Å². The molecule has 0 radical (unpaired) electrons. The molecule has 0 saturated carbocycles. The van der Waals surface area contributed by atoms with Crippen LogP contribution in [0.15, 0.2) is 66.7 Å². The molecule has 5 heteroatoms. The van der Waals surface area contributed by atoms with Crippen LogP contribution in [0.2, 0.25) is 0 Å². The molecule has 0 aliphatic rings. The lowest BCUT2D eigenvalue weighted by atomic mass is 9.88. The first-order valence-corrected chi connectivity index (χ1v) is 10.6. The zero-order valence-corrected chi connectivity index (χ0v) is 18.1. The van der Waals surface area contributed by atoms with Crippen molar-refractivity contribution in [2.75, 3.05) is 0 Å². The molecular weight excluding hydrogens is 383 g/mol. The molecule has 0 atom stereocenters. The van der Waals surface area contributed by atoms with Gasteiger partial charge >= 0.3 is 8.60 Å². The monoisotopic (exact) mass is 410 g/mol. The van der Waals surface area contributed by atoms with Gasteiger partial charge in [-0.15, -0.1) is 0 Å². The molecule has 0 saturated heterocycles. The Morgan fingerprint density at radius 1 is 0.897 bits per heavy atom. The van der Waals surface area contributed by atoms with Crippen LogP contribution in [-0.2, 0) is 6.42 Å². The Hall–Kier alpha value is -2.52. The molecule has 3 aromatic rings. The minimum atomic E-state index is -2.28. The van der Waals surface area contributed by atoms with Gasteiger partial charge < -0.3 is 14.3 Å². The molecule has 0 bridgehead atoms. The molecular formula is C24H27O4P. The lowest BCUT2D eigenvalue weighted by molar-refractivity contribution is 0.103. The Morgan fingerprint density at radius 2 is 1.45 bits per heavy atom. The quantitative estimate of drug-likeness (QED) is 0.419. The molecule has 29 heavy (non-hydrogen) atoms. The van der Waals surface area contributed by atoms with E-state index in [4.69, 9.17) is 9.79 Å². The Morgan fingerprint density at radius 3 is 1.97 bits per heavy atom. The summed E-state index contributed by atoms with van der Waals surface area (Å²) in [7, 11) is -2.28. The van der Waals surface area contributed by atoms with E-state index in [1.165, 1.54) is 11.1 Å².